The van der Waals surface area contributed by atoms with E-state index in [1.165, 1.54) is 154 Å². The van der Waals surface area contributed by atoms with Crippen molar-refractivity contribution < 1.29 is 33.2 Å². The minimum atomic E-state index is 0.117. The maximum absolute atomic E-state index is 6.22. The molecule has 0 atom stereocenters. The first-order valence-corrected chi connectivity index (χ1v) is 24.9. The number of hydrogen-bond acceptors (Lipinski definition) is 7. The third-order valence-corrected chi connectivity index (χ3v) is 10.4. The average molecular weight is 811 g/mol. The lowest BCUT2D eigenvalue weighted by Gasteiger charge is -2.18. The van der Waals surface area contributed by atoms with E-state index in [0.717, 1.165) is 74.4 Å². The van der Waals surface area contributed by atoms with Crippen molar-refractivity contribution in [3.8, 4) is 0 Å². The Balaban J connectivity index is 4.69. The van der Waals surface area contributed by atoms with Gasteiger partial charge in [0.2, 0.25) is 0 Å². The molecular weight excluding hydrogens is 713 g/mol. The first-order chi connectivity index (χ1) is 28.2. The summed E-state index contributed by atoms with van der Waals surface area (Å²) in [5, 5.41) is 0. The Bertz CT molecular complexity index is 790. The van der Waals surface area contributed by atoms with Gasteiger partial charge in [0.15, 0.2) is 11.5 Å². The molecule has 57 heavy (non-hydrogen) atoms. The summed E-state index contributed by atoms with van der Waals surface area (Å²) < 4.78 is 42.4. The van der Waals surface area contributed by atoms with E-state index in [1.807, 2.05) is 0 Å². The topological polar surface area (TPSA) is 64.6 Å². The van der Waals surface area contributed by atoms with E-state index in [4.69, 9.17) is 33.2 Å². The smallest absolute Gasteiger partial charge is 0.159 e. The Kier molecular flexibility index (Phi) is 46.0. The van der Waals surface area contributed by atoms with E-state index in [0.29, 0.717) is 39.6 Å². The summed E-state index contributed by atoms with van der Waals surface area (Å²) in [6.07, 6.45) is 40.6. The molecule has 7 nitrogen and oxygen atoms in total. The van der Waals surface area contributed by atoms with Gasteiger partial charge in [0.25, 0.3) is 0 Å². The zero-order valence-electron chi connectivity index (χ0n) is 39.1. The maximum atomic E-state index is 6.22. The molecule has 0 saturated heterocycles. The molecule has 0 N–H and O–H groups in total. The summed E-state index contributed by atoms with van der Waals surface area (Å²) in [4.78, 5) is 0. The standard InChI is InChI=1S/C50H98O7/c1-7-13-15-17-19-21-23-25-27-29-31-33-35-37-47(54-39-9-3)49(56-41-11-5)43-51-45-53-46-52-44-50(57-42-12-6)48(55-40-10-4)38-36-34-32-30-28-26-24-22-20-18-16-14-8-2/h7-46H2,1-6H3. The van der Waals surface area contributed by atoms with Crippen LogP contribution in [0, 0.1) is 0 Å². The Morgan fingerprint density at radius 2 is 0.491 bits per heavy atom. The Morgan fingerprint density at radius 1 is 0.246 bits per heavy atom. The molecule has 0 heterocycles. The molecule has 0 saturated carbocycles. The third kappa shape index (κ3) is 38.5. The van der Waals surface area contributed by atoms with Crippen LogP contribution in [0.1, 0.15) is 247 Å². The van der Waals surface area contributed by atoms with Crippen molar-refractivity contribution in [3.05, 3.63) is 23.0 Å². The van der Waals surface area contributed by atoms with Crippen molar-refractivity contribution >= 4 is 0 Å². The molecule has 0 aliphatic carbocycles. The van der Waals surface area contributed by atoms with Gasteiger partial charge >= 0.3 is 0 Å². The number of unbranched alkanes of at least 4 members (excludes halogenated alkanes) is 24. The average Bonchev–Trinajstić information content (AvgIpc) is 3.22. The zero-order chi connectivity index (χ0) is 41.5. The van der Waals surface area contributed by atoms with Gasteiger partial charge in [-0.2, -0.15) is 0 Å². The van der Waals surface area contributed by atoms with Crippen LogP contribution >= 0.6 is 0 Å². The van der Waals surface area contributed by atoms with Gasteiger partial charge in [0, 0.05) is 12.8 Å². The predicted molar refractivity (Wildman–Crippen MR) is 242 cm³/mol. The molecule has 0 amide bonds. The molecule has 0 aromatic rings. The highest BCUT2D eigenvalue weighted by Gasteiger charge is 2.13. The molecule has 0 spiro atoms. The summed E-state index contributed by atoms with van der Waals surface area (Å²) in [5.74, 6) is 3.49. The van der Waals surface area contributed by atoms with Crippen molar-refractivity contribution in [2.24, 2.45) is 0 Å². The van der Waals surface area contributed by atoms with Crippen molar-refractivity contribution in [2.75, 3.05) is 53.2 Å². The minimum Gasteiger partial charge on any atom is -0.494 e. The Morgan fingerprint density at radius 3 is 0.754 bits per heavy atom. The van der Waals surface area contributed by atoms with Gasteiger partial charge in [-0.05, 0) is 38.5 Å². The lowest BCUT2D eigenvalue weighted by molar-refractivity contribution is -0.132. The van der Waals surface area contributed by atoms with Crippen LogP contribution in [0.4, 0.5) is 0 Å². The molecule has 0 fully saturated rings. The molecule has 0 rings (SSSR count). The van der Waals surface area contributed by atoms with Crippen LogP contribution in [-0.4, -0.2) is 53.2 Å². The van der Waals surface area contributed by atoms with Crippen LogP contribution in [0.5, 0.6) is 0 Å². The molecule has 0 aromatic carbocycles. The van der Waals surface area contributed by atoms with Crippen LogP contribution in [0.2, 0.25) is 0 Å². The summed E-state index contributed by atoms with van der Waals surface area (Å²) >= 11 is 0. The van der Waals surface area contributed by atoms with Crippen LogP contribution in [0.25, 0.3) is 0 Å². The monoisotopic (exact) mass is 811 g/mol. The molecule has 7 heteroatoms. The maximum Gasteiger partial charge on any atom is 0.159 e. The van der Waals surface area contributed by atoms with E-state index in [9.17, 15) is 0 Å². The second kappa shape index (κ2) is 47.2. The number of hydrogen-bond donors (Lipinski definition) is 0. The SMILES string of the molecule is CCCCCCCCCCCCCCCC(OCCC)=C(COCOCOCC(OCCC)=C(CCCCCCCCCCCCCCC)OCCC)OCCC. The van der Waals surface area contributed by atoms with Gasteiger partial charge in [-0.3, -0.25) is 0 Å². The third-order valence-electron chi connectivity index (χ3n) is 10.4. The molecular formula is C50H98O7. The van der Waals surface area contributed by atoms with Gasteiger partial charge in [-0.15, -0.1) is 0 Å². The highest BCUT2D eigenvalue weighted by atomic mass is 16.7. The normalized spacial score (nSPS) is 12.5. The second-order valence-corrected chi connectivity index (χ2v) is 16.2. The summed E-state index contributed by atoms with van der Waals surface area (Å²) in [6.45, 7) is 16.7. The van der Waals surface area contributed by atoms with Gasteiger partial charge in [0.1, 0.15) is 38.3 Å². The molecule has 0 bridgehead atoms. The van der Waals surface area contributed by atoms with E-state index >= 15 is 0 Å². The lowest BCUT2D eigenvalue weighted by atomic mass is 10.0. The quantitative estimate of drug-likeness (QED) is 0.0344. The van der Waals surface area contributed by atoms with Gasteiger partial charge in [-0.1, -0.05) is 196 Å². The van der Waals surface area contributed by atoms with Crippen LogP contribution < -0.4 is 0 Å². The van der Waals surface area contributed by atoms with Gasteiger partial charge < -0.3 is 33.2 Å². The van der Waals surface area contributed by atoms with E-state index < -0.39 is 0 Å². The molecule has 340 valence electrons. The second-order valence-electron chi connectivity index (χ2n) is 16.2. The van der Waals surface area contributed by atoms with Gasteiger partial charge in [0.05, 0.1) is 26.4 Å². The highest BCUT2D eigenvalue weighted by molar-refractivity contribution is 5.03. The van der Waals surface area contributed by atoms with Crippen molar-refractivity contribution in [1.82, 2.24) is 0 Å². The van der Waals surface area contributed by atoms with Crippen LogP contribution in [-0.2, 0) is 33.2 Å². The largest absolute Gasteiger partial charge is 0.494 e. The Labute approximate surface area is 355 Å². The fourth-order valence-electron chi connectivity index (χ4n) is 6.92. The van der Waals surface area contributed by atoms with Crippen LogP contribution in [0.3, 0.4) is 0 Å². The molecule has 0 radical (unpaired) electrons. The zero-order valence-corrected chi connectivity index (χ0v) is 39.1. The molecule has 0 unspecified atom stereocenters. The fraction of sp³-hybridized carbons (Fsp3) is 0.920. The minimum absolute atomic E-state index is 0.117. The lowest BCUT2D eigenvalue weighted by Crippen LogP contribution is -2.14. The van der Waals surface area contributed by atoms with Crippen molar-refractivity contribution in [1.29, 1.82) is 0 Å². The number of rotatable bonds is 48. The first kappa shape index (κ1) is 55.6. The fourth-order valence-corrected chi connectivity index (χ4v) is 6.92. The highest BCUT2D eigenvalue weighted by Crippen LogP contribution is 2.21. The molecule has 0 aromatic heterocycles. The predicted octanol–water partition coefficient (Wildman–Crippen LogP) is 16.0. The van der Waals surface area contributed by atoms with Crippen LogP contribution in [0.15, 0.2) is 23.0 Å². The number of ether oxygens (including phenoxy) is 7. The van der Waals surface area contributed by atoms with Crippen molar-refractivity contribution in [2.45, 2.75) is 247 Å². The summed E-state index contributed by atoms with van der Waals surface area (Å²) in [5.41, 5.74) is 0. The molecule has 0 aliphatic heterocycles. The van der Waals surface area contributed by atoms with E-state index in [1.54, 1.807) is 0 Å². The number of allylic oxidation sites excluding steroid dienone is 2. The Hall–Kier alpha value is -1.44. The van der Waals surface area contributed by atoms with E-state index in [-0.39, 0.29) is 13.6 Å². The first-order valence-electron chi connectivity index (χ1n) is 24.9. The summed E-state index contributed by atoms with van der Waals surface area (Å²) in [7, 11) is 0. The summed E-state index contributed by atoms with van der Waals surface area (Å²) in [6, 6.07) is 0. The molecule has 0 aliphatic rings. The van der Waals surface area contributed by atoms with E-state index in [2.05, 4.69) is 41.5 Å². The van der Waals surface area contributed by atoms with Crippen molar-refractivity contribution in [3.63, 3.8) is 0 Å². The van der Waals surface area contributed by atoms with Gasteiger partial charge in [-0.25, -0.2) is 0 Å².